The quantitative estimate of drug-likeness (QED) is 0.108. The van der Waals surface area contributed by atoms with Gasteiger partial charge in [-0.25, -0.2) is 0 Å². The van der Waals surface area contributed by atoms with Crippen molar-refractivity contribution >= 4 is 0 Å². The van der Waals surface area contributed by atoms with E-state index in [0.29, 0.717) is 12.8 Å². The fourth-order valence-electron chi connectivity index (χ4n) is 5.08. The van der Waals surface area contributed by atoms with Gasteiger partial charge in [0, 0.05) is 0 Å². The summed E-state index contributed by atoms with van der Waals surface area (Å²) in [6.07, 6.45) is -14.4. The zero-order chi connectivity index (χ0) is 29.3. The van der Waals surface area contributed by atoms with Crippen LogP contribution in [0, 0.1) is 0 Å². The Balaban J connectivity index is 1.79. The second-order valence-corrected chi connectivity index (χ2v) is 10.3. The molecule has 2 unspecified atom stereocenters. The zero-order valence-corrected chi connectivity index (χ0v) is 21.5. The summed E-state index contributed by atoms with van der Waals surface area (Å²) in [6.45, 7) is -0.429. The minimum Gasteiger partial charge on any atom is -0.394 e. The molecule has 0 amide bonds. The van der Waals surface area contributed by atoms with Crippen LogP contribution < -0.4 is 17.2 Å². The SMILES string of the molecule is CCCC[C@]1(CO)O[C@H](OC2[C@@H](CO)O[C@@H](OC3[C@@H](CO)O[C@@H](O)[C@H](N)[C@H]3O)[C@H](N)[C@H]2O)[C@@H](N)C(O)(O)[C@H]1O. The molecule has 230 valence electrons. The van der Waals surface area contributed by atoms with Crippen molar-refractivity contribution in [2.45, 2.75) is 117 Å². The number of nitrogens with two attached hydrogens (primary N) is 3. The summed E-state index contributed by atoms with van der Waals surface area (Å²) < 4.78 is 28.0. The molecule has 3 heterocycles. The standard InChI is InChI=1S/C22H43N3O14/c1-2-3-4-21(7-28)20(32)22(33,34)16(25)19(39-21)38-15-9(6-27)36-18(11(24)13(15)30)37-14-8(5-26)35-17(31)10(23)12(14)29/h8-20,26-34H,2-7,23-25H2,1H3/t8-,9-,10-,11-,12-,13-,14?,15?,16-,17-,18+,19+,20+,21-/m1/s1. The molecule has 17 heteroatoms. The third-order valence-corrected chi connectivity index (χ3v) is 7.66. The summed E-state index contributed by atoms with van der Waals surface area (Å²) in [6, 6.07) is -4.50. The Kier molecular flexibility index (Phi) is 11.0. The molecule has 0 aliphatic carbocycles. The summed E-state index contributed by atoms with van der Waals surface area (Å²) >= 11 is 0. The van der Waals surface area contributed by atoms with E-state index < -0.39 is 111 Å². The van der Waals surface area contributed by atoms with E-state index in [4.69, 9.17) is 40.9 Å². The van der Waals surface area contributed by atoms with Gasteiger partial charge in [-0.1, -0.05) is 19.8 Å². The van der Waals surface area contributed by atoms with Crippen molar-refractivity contribution in [3.63, 3.8) is 0 Å². The van der Waals surface area contributed by atoms with Crippen LogP contribution in [-0.4, -0.2) is 157 Å². The van der Waals surface area contributed by atoms with Gasteiger partial charge in [0.1, 0.15) is 54.4 Å². The van der Waals surface area contributed by atoms with Gasteiger partial charge in [-0.2, -0.15) is 0 Å². The van der Waals surface area contributed by atoms with Crippen molar-refractivity contribution in [1.29, 1.82) is 0 Å². The molecule has 0 aromatic heterocycles. The van der Waals surface area contributed by atoms with Crippen molar-refractivity contribution < 1.29 is 69.6 Å². The summed E-state index contributed by atoms with van der Waals surface area (Å²) in [5.74, 6) is -2.97. The van der Waals surface area contributed by atoms with Gasteiger partial charge in [-0.3, -0.25) is 0 Å². The minimum atomic E-state index is -2.97. The maximum Gasteiger partial charge on any atom is 0.213 e. The summed E-state index contributed by atoms with van der Waals surface area (Å²) in [5, 5.41) is 92.7. The maximum absolute atomic E-state index is 11.0. The molecule has 15 N–H and O–H groups in total. The average Bonchev–Trinajstić information content (AvgIpc) is 2.92. The first-order valence-corrected chi connectivity index (χ1v) is 12.9. The molecular formula is C22H43N3O14. The molecule has 3 rings (SSSR count). The van der Waals surface area contributed by atoms with E-state index in [2.05, 4.69) is 0 Å². The first kappa shape index (κ1) is 32.8. The van der Waals surface area contributed by atoms with Gasteiger partial charge in [0.25, 0.3) is 0 Å². The van der Waals surface area contributed by atoms with E-state index in [1.54, 1.807) is 0 Å². The first-order chi connectivity index (χ1) is 18.3. The van der Waals surface area contributed by atoms with Crippen LogP contribution in [0.5, 0.6) is 0 Å². The van der Waals surface area contributed by atoms with E-state index >= 15 is 0 Å². The molecule has 0 aromatic rings. The lowest BCUT2D eigenvalue weighted by atomic mass is 9.80. The van der Waals surface area contributed by atoms with Crippen LogP contribution in [0.25, 0.3) is 0 Å². The Labute approximate surface area is 224 Å². The molecule has 39 heavy (non-hydrogen) atoms. The van der Waals surface area contributed by atoms with Crippen molar-refractivity contribution in [1.82, 2.24) is 0 Å². The Bertz CT molecular complexity index is 780. The zero-order valence-electron chi connectivity index (χ0n) is 21.5. The third-order valence-electron chi connectivity index (χ3n) is 7.66. The third kappa shape index (κ3) is 6.25. The van der Waals surface area contributed by atoms with Gasteiger partial charge in [0.05, 0.1) is 31.9 Å². The van der Waals surface area contributed by atoms with Crippen LogP contribution in [0.2, 0.25) is 0 Å². The van der Waals surface area contributed by atoms with Gasteiger partial charge in [-0.15, -0.1) is 0 Å². The highest BCUT2D eigenvalue weighted by Crippen LogP contribution is 2.39. The van der Waals surface area contributed by atoms with E-state index in [1.165, 1.54) is 0 Å². The number of aliphatic hydroxyl groups is 9. The molecule has 0 radical (unpaired) electrons. The summed E-state index contributed by atoms with van der Waals surface area (Å²) in [5.41, 5.74) is 15.9. The Morgan fingerprint density at radius 1 is 0.795 bits per heavy atom. The van der Waals surface area contributed by atoms with Crippen LogP contribution in [0.3, 0.4) is 0 Å². The number of hydrogen-bond acceptors (Lipinski definition) is 17. The summed E-state index contributed by atoms with van der Waals surface area (Å²) in [7, 11) is 0. The Morgan fingerprint density at radius 3 is 1.87 bits per heavy atom. The molecular weight excluding hydrogens is 530 g/mol. The van der Waals surface area contributed by atoms with Gasteiger partial charge >= 0.3 is 0 Å². The largest absolute Gasteiger partial charge is 0.394 e. The molecule has 0 bridgehead atoms. The number of aliphatic hydroxyl groups excluding tert-OH is 7. The fraction of sp³-hybridized carbons (Fsp3) is 1.00. The van der Waals surface area contributed by atoms with Crippen LogP contribution in [0.15, 0.2) is 0 Å². The Hall–Kier alpha value is -0.680. The molecule has 0 spiro atoms. The lowest BCUT2D eigenvalue weighted by Crippen LogP contribution is -2.76. The number of unbranched alkanes of at least 4 members (excludes halogenated alkanes) is 1. The highest BCUT2D eigenvalue weighted by atomic mass is 16.7. The maximum atomic E-state index is 11.0. The van der Waals surface area contributed by atoms with E-state index in [9.17, 15) is 46.0 Å². The van der Waals surface area contributed by atoms with Crippen LogP contribution >= 0.6 is 0 Å². The lowest BCUT2D eigenvalue weighted by Gasteiger charge is -2.53. The van der Waals surface area contributed by atoms with E-state index in [0.717, 1.165) is 0 Å². The molecule has 17 nitrogen and oxygen atoms in total. The monoisotopic (exact) mass is 573 g/mol. The molecule has 0 aromatic carbocycles. The predicted octanol–water partition coefficient (Wildman–Crippen LogP) is -6.79. The summed E-state index contributed by atoms with van der Waals surface area (Å²) in [4.78, 5) is 0. The Morgan fingerprint density at radius 2 is 1.33 bits per heavy atom. The van der Waals surface area contributed by atoms with E-state index in [1.807, 2.05) is 6.92 Å². The second kappa shape index (κ2) is 13.1. The topological polar surface area (TPSA) is 306 Å². The smallest absolute Gasteiger partial charge is 0.213 e. The average molecular weight is 574 g/mol. The van der Waals surface area contributed by atoms with Crippen molar-refractivity contribution in [3.8, 4) is 0 Å². The number of hydrogen-bond donors (Lipinski definition) is 12. The van der Waals surface area contributed by atoms with Crippen LogP contribution in [-0.2, 0) is 23.7 Å². The van der Waals surface area contributed by atoms with Crippen molar-refractivity contribution in [2.75, 3.05) is 19.8 Å². The van der Waals surface area contributed by atoms with Gasteiger partial charge in [-0.05, 0) is 6.42 Å². The molecule has 14 atom stereocenters. The molecule has 3 saturated heterocycles. The molecule has 0 saturated carbocycles. The number of rotatable bonds is 10. The van der Waals surface area contributed by atoms with Crippen LogP contribution in [0.1, 0.15) is 26.2 Å². The molecule has 3 aliphatic heterocycles. The highest BCUT2D eigenvalue weighted by molar-refractivity contribution is 5.06. The normalized spacial score (nSPS) is 48.7. The van der Waals surface area contributed by atoms with Gasteiger partial charge < -0.3 is 86.8 Å². The van der Waals surface area contributed by atoms with Crippen LogP contribution in [0.4, 0.5) is 0 Å². The minimum absolute atomic E-state index is 0.00777. The van der Waals surface area contributed by atoms with Crippen molar-refractivity contribution in [2.24, 2.45) is 17.2 Å². The number of ether oxygens (including phenoxy) is 5. The molecule has 3 fully saturated rings. The van der Waals surface area contributed by atoms with Crippen molar-refractivity contribution in [3.05, 3.63) is 0 Å². The second-order valence-electron chi connectivity index (χ2n) is 10.3. The van der Waals surface area contributed by atoms with Gasteiger partial charge in [0.2, 0.25) is 5.79 Å². The molecule has 3 aliphatic rings. The highest BCUT2D eigenvalue weighted by Gasteiger charge is 2.62. The fourth-order valence-corrected chi connectivity index (χ4v) is 5.08. The van der Waals surface area contributed by atoms with Gasteiger partial charge in [0.15, 0.2) is 18.9 Å². The predicted molar refractivity (Wildman–Crippen MR) is 127 cm³/mol. The lowest BCUT2D eigenvalue weighted by molar-refractivity contribution is -0.402. The van der Waals surface area contributed by atoms with E-state index in [-0.39, 0.29) is 6.42 Å². The first-order valence-electron chi connectivity index (χ1n) is 12.9.